The van der Waals surface area contributed by atoms with Crippen LogP contribution < -0.4 is 10.6 Å². The zero-order valence-corrected chi connectivity index (χ0v) is 15.4. The van der Waals surface area contributed by atoms with E-state index in [0.717, 1.165) is 25.7 Å². The average molecular weight is 376 g/mol. The predicted molar refractivity (Wildman–Crippen MR) is 101 cm³/mol. The predicted octanol–water partition coefficient (Wildman–Crippen LogP) is 2.90. The lowest BCUT2D eigenvalue weighted by molar-refractivity contribution is -0.143. The Morgan fingerprint density at radius 3 is 2.58 bits per heavy atom. The molecule has 0 radical (unpaired) electrons. The van der Waals surface area contributed by atoms with Gasteiger partial charge in [0.15, 0.2) is 0 Å². The molecule has 1 saturated heterocycles. The zero-order chi connectivity index (χ0) is 18.6. The first kappa shape index (κ1) is 18.8. The molecule has 6 nitrogen and oxygen atoms in total. The van der Waals surface area contributed by atoms with E-state index in [1.54, 1.807) is 24.3 Å². The van der Waals surface area contributed by atoms with E-state index in [4.69, 9.17) is 0 Å². The lowest BCUT2D eigenvalue weighted by Gasteiger charge is -2.24. The first-order chi connectivity index (χ1) is 12.5. The summed E-state index contributed by atoms with van der Waals surface area (Å²) in [4.78, 5) is 36.5. The van der Waals surface area contributed by atoms with Crippen LogP contribution in [0.4, 0.5) is 5.69 Å². The number of amides is 2. The van der Waals surface area contributed by atoms with Crippen molar-refractivity contribution in [3.8, 4) is 0 Å². The van der Waals surface area contributed by atoms with Crippen LogP contribution in [0.3, 0.4) is 0 Å². The zero-order valence-electron chi connectivity index (χ0n) is 14.6. The third kappa shape index (κ3) is 4.20. The summed E-state index contributed by atoms with van der Waals surface area (Å²) in [5, 5.41) is 15.1. The minimum Gasteiger partial charge on any atom is -0.479 e. The monoisotopic (exact) mass is 376 g/mol. The fourth-order valence-corrected chi connectivity index (χ4v) is 4.85. The quantitative estimate of drug-likeness (QED) is 0.734. The number of anilines is 1. The number of carboxylic acids is 1. The summed E-state index contributed by atoms with van der Waals surface area (Å²) in [5.74, 6) is -0.319. The molecular formula is C19H24N2O4S. The van der Waals surface area contributed by atoms with Gasteiger partial charge in [-0.2, -0.15) is 11.8 Å². The van der Waals surface area contributed by atoms with Gasteiger partial charge in [-0.1, -0.05) is 25.3 Å². The van der Waals surface area contributed by atoms with Gasteiger partial charge >= 0.3 is 5.97 Å². The number of carbonyl (C=O) groups excluding carboxylic acids is 2. The van der Waals surface area contributed by atoms with Crippen molar-refractivity contribution < 1.29 is 19.5 Å². The van der Waals surface area contributed by atoms with E-state index in [0.29, 0.717) is 29.2 Å². The van der Waals surface area contributed by atoms with Gasteiger partial charge in [0.2, 0.25) is 5.91 Å². The minimum absolute atomic E-state index is 0.00328. The summed E-state index contributed by atoms with van der Waals surface area (Å²) >= 11 is 1.52. The molecule has 2 aliphatic rings. The fourth-order valence-electron chi connectivity index (χ4n) is 3.52. The summed E-state index contributed by atoms with van der Waals surface area (Å²) in [5.41, 5.74) is -0.286. The van der Waals surface area contributed by atoms with Crippen molar-refractivity contribution in [1.29, 1.82) is 0 Å². The number of nitrogens with one attached hydrogen (secondary N) is 2. The number of carboxylic acid groups (broad SMARTS) is 1. The third-order valence-electron chi connectivity index (χ3n) is 5.15. The molecule has 3 N–H and O–H groups in total. The Hall–Kier alpha value is -2.02. The second-order valence-corrected chi connectivity index (χ2v) is 8.15. The maximum atomic E-state index is 12.6. The van der Waals surface area contributed by atoms with Gasteiger partial charge < -0.3 is 15.7 Å². The van der Waals surface area contributed by atoms with Gasteiger partial charge in [0.05, 0.1) is 0 Å². The molecule has 26 heavy (non-hydrogen) atoms. The maximum absolute atomic E-state index is 12.6. The van der Waals surface area contributed by atoms with Crippen LogP contribution in [-0.4, -0.2) is 39.9 Å². The SMILES string of the molecule is O=C(NC1(C(=O)O)CCSC1)c1cccc(NC(=O)C2CCCCC2)c1. The van der Waals surface area contributed by atoms with E-state index in [1.165, 1.54) is 18.2 Å². The van der Waals surface area contributed by atoms with Crippen LogP contribution in [0.1, 0.15) is 48.9 Å². The molecule has 3 rings (SSSR count). The Morgan fingerprint density at radius 2 is 1.92 bits per heavy atom. The Labute approximate surface area is 157 Å². The molecular weight excluding hydrogens is 352 g/mol. The molecule has 140 valence electrons. The smallest absolute Gasteiger partial charge is 0.330 e. The molecule has 1 aromatic rings. The third-order valence-corrected chi connectivity index (χ3v) is 6.34. The van der Waals surface area contributed by atoms with Gasteiger partial charge in [-0.05, 0) is 43.2 Å². The summed E-state index contributed by atoms with van der Waals surface area (Å²) in [6.45, 7) is 0. The van der Waals surface area contributed by atoms with E-state index >= 15 is 0 Å². The van der Waals surface area contributed by atoms with Crippen molar-refractivity contribution in [1.82, 2.24) is 5.32 Å². The first-order valence-electron chi connectivity index (χ1n) is 9.05. The first-order valence-corrected chi connectivity index (χ1v) is 10.2. The summed E-state index contributed by atoms with van der Waals surface area (Å²) in [6, 6.07) is 6.68. The van der Waals surface area contributed by atoms with E-state index in [9.17, 15) is 19.5 Å². The molecule has 1 heterocycles. The highest BCUT2D eigenvalue weighted by atomic mass is 32.2. The van der Waals surface area contributed by atoms with Gasteiger partial charge in [0.25, 0.3) is 5.91 Å². The number of rotatable bonds is 5. The molecule has 0 spiro atoms. The standard InChI is InChI=1S/C19H24N2O4S/c22-16(13-5-2-1-3-6-13)20-15-8-4-7-14(11-15)17(23)21-19(18(24)25)9-10-26-12-19/h4,7-8,11,13H,1-3,5-6,9-10,12H2,(H,20,22)(H,21,23)(H,24,25). The van der Waals surface area contributed by atoms with Gasteiger partial charge in [0, 0.05) is 22.9 Å². The molecule has 2 amide bonds. The molecule has 7 heteroatoms. The molecule has 1 aliphatic carbocycles. The van der Waals surface area contributed by atoms with Gasteiger partial charge in [-0.25, -0.2) is 4.79 Å². The Kier molecular flexibility index (Phi) is 5.86. The molecule has 1 aromatic carbocycles. The molecule has 1 aliphatic heterocycles. The number of aliphatic carboxylic acids is 1. The Balaban J connectivity index is 1.67. The van der Waals surface area contributed by atoms with Crippen molar-refractivity contribution in [2.24, 2.45) is 5.92 Å². The molecule has 2 fully saturated rings. The molecule has 1 unspecified atom stereocenters. The lowest BCUT2D eigenvalue weighted by Crippen LogP contribution is -2.54. The summed E-state index contributed by atoms with van der Waals surface area (Å²) < 4.78 is 0. The maximum Gasteiger partial charge on any atom is 0.330 e. The van der Waals surface area contributed by atoms with E-state index in [2.05, 4.69) is 10.6 Å². The van der Waals surface area contributed by atoms with Crippen molar-refractivity contribution in [2.45, 2.75) is 44.1 Å². The number of benzene rings is 1. The Morgan fingerprint density at radius 1 is 1.15 bits per heavy atom. The van der Waals surface area contributed by atoms with Crippen LogP contribution in [-0.2, 0) is 9.59 Å². The van der Waals surface area contributed by atoms with Crippen LogP contribution >= 0.6 is 11.8 Å². The highest BCUT2D eigenvalue weighted by Gasteiger charge is 2.43. The van der Waals surface area contributed by atoms with Gasteiger partial charge in [-0.3, -0.25) is 9.59 Å². The van der Waals surface area contributed by atoms with Gasteiger partial charge in [0.1, 0.15) is 5.54 Å². The molecule has 0 bridgehead atoms. The van der Waals surface area contributed by atoms with Crippen molar-refractivity contribution in [3.63, 3.8) is 0 Å². The second-order valence-electron chi connectivity index (χ2n) is 7.05. The molecule has 0 aromatic heterocycles. The topological polar surface area (TPSA) is 95.5 Å². The van der Waals surface area contributed by atoms with Crippen LogP contribution in [0, 0.1) is 5.92 Å². The average Bonchev–Trinajstić information content (AvgIpc) is 3.12. The normalized spacial score (nSPS) is 23.4. The summed E-state index contributed by atoms with van der Waals surface area (Å²) in [7, 11) is 0. The van der Waals surface area contributed by atoms with Crippen LogP contribution in [0.15, 0.2) is 24.3 Å². The van der Waals surface area contributed by atoms with E-state index in [1.807, 2.05) is 0 Å². The lowest BCUT2D eigenvalue weighted by atomic mass is 9.88. The fraction of sp³-hybridized carbons (Fsp3) is 0.526. The molecule has 1 atom stereocenters. The van der Waals surface area contributed by atoms with E-state index in [-0.39, 0.29) is 11.8 Å². The minimum atomic E-state index is -1.21. The largest absolute Gasteiger partial charge is 0.479 e. The van der Waals surface area contributed by atoms with Crippen molar-refractivity contribution in [2.75, 3.05) is 16.8 Å². The van der Waals surface area contributed by atoms with Crippen LogP contribution in [0.2, 0.25) is 0 Å². The van der Waals surface area contributed by atoms with Crippen LogP contribution in [0.25, 0.3) is 0 Å². The summed E-state index contributed by atoms with van der Waals surface area (Å²) in [6.07, 6.45) is 5.57. The number of carbonyl (C=O) groups is 3. The van der Waals surface area contributed by atoms with Crippen molar-refractivity contribution >= 4 is 35.2 Å². The van der Waals surface area contributed by atoms with E-state index < -0.39 is 17.4 Å². The highest BCUT2D eigenvalue weighted by Crippen LogP contribution is 2.29. The van der Waals surface area contributed by atoms with Crippen molar-refractivity contribution in [3.05, 3.63) is 29.8 Å². The second kappa shape index (κ2) is 8.12. The Bertz CT molecular complexity index is 695. The molecule has 1 saturated carbocycles. The number of thioether (sulfide) groups is 1. The number of hydrogen-bond acceptors (Lipinski definition) is 4. The van der Waals surface area contributed by atoms with Gasteiger partial charge in [-0.15, -0.1) is 0 Å². The number of hydrogen-bond donors (Lipinski definition) is 3. The van der Waals surface area contributed by atoms with Crippen LogP contribution in [0.5, 0.6) is 0 Å². The highest BCUT2D eigenvalue weighted by molar-refractivity contribution is 7.99.